The molecule has 0 amide bonds. The number of carbonyl (C=O) groups is 1. The van der Waals surface area contributed by atoms with Crippen molar-refractivity contribution in [2.75, 3.05) is 0 Å². The Labute approximate surface area is 95.8 Å². The van der Waals surface area contributed by atoms with Crippen LogP contribution in [0.4, 0.5) is 0 Å². The van der Waals surface area contributed by atoms with Gasteiger partial charge in [-0.2, -0.15) is 0 Å². The molecule has 0 N–H and O–H groups in total. The quantitative estimate of drug-likeness (QED) is 0.734. The van der Waals surface area contributed by atoms with Gasteiger partial charge in [-0.1, -0.05) is 12.5 Å². The summed E-state index contributed by atoms with van der Waals surface area (Å²) in [5.74, 6) is 0.583. The fourth-order valence-electron chi connectivity index (χ4n) is 2.06. The molecule has 1 aliphatic rings. The van der Waals surface area contributed by atoms with Crippen LogP contribution in [0.25, 0.3) is 0 Å². The van der Waals surface area contributed by atoms with Gasteiger partial charge in [0, 0.05) is 6.07 Å². The van der Waals surface area contributed by atoms with Crippen LogP contribution in [0.15, 0.2) is 12.1 Å². The molecule has 0 bridgehead atoms. The van der Waals surface area contributed by atoms with Crippen molar-refractivity contribution in [3.05, 3.63) is 23.4 Å². The first-order valence-corrected chi connectivity index (χ1v) is 5.89. The van der Waals surface area contributed by atoms with Crippen LogP contribution in [0.5, 0.6) is 5.88 Å². The van der Waals surface area contributed by atoms with Gasteiger partial charge in [-0.15, -0.1) is 0 Å². The molecule has 2 rings (SSSR count). The van der Waals surface area contributed by atoms with Gasteiger partial charge in [0.05, 0.1) is 0 Å². The number of carbonyl (C=O) groups excluding carboxylic acids is 1. The number of ether oxygens (including phenoxy) is 1. The van der Waals surface area contributed by atoms with Gasteiger partial charge < -0.3 is 4.74 Å². The van der Waals surface area contributed by atoms with E-state index in [4.69, 9.17) is 4.74 Å². The predicted octanol–water partition coefficient (Wildman–Crippen LogP) is 2.91. The summed E-state index contributed by atoms with van der Waals surface area (Å²) < 4.78 is 5.78. The fraction of sp³-hybridized carbons (Fsp3) is 0.538. The first kappa shape index (κ1) is 11.1. The van der Waals surface area contributed by atoms with Crippen molar-refractivity contribution < 1.29 is 9.53 Å². The van der Waals surface area contributed by atoms with Crippen molar-refractivity contribution >= 4 is 6.29 Å². The van der Waals surface area contributed by atoms with Gasteiger partial charge in [-0.25, -0.2) is 4.98 Å². The van der Waals surface area contributed by atoms with E-state index >= 15 is 0 Å². The molecule has 1 aromatic heterocycles. The molecule has 1 aliphatic carbocycles. The monoisotopic (exact) mass is 219 g/mol. The second-order valence-corrected chi connectivity index (χ2v) is 4.35. The zero-order chi connectivity index (χ0) is 11.4. The van der Waals surface area contributed by atoms with E-state index in [1.54, 1.807) is 0 Å². The van der Waals surface area contributed by atoms with E-state index in [1.807, 2.05) is 19.1 Å². The minimum absolute atomic E-state index is 0.281. The molecule has 1 fully saturated rings. The Balaban J connectivity index is 2.05. The van der Waals surface area contributed by atoms with Crippen LogP contribution in [0.3, 0.4) is 0 Å². The number of aldehydes is 1. The maximum Gasteiger partial charge on any atom is 0.214 e. The lowest BCUT2D eigenvalue weighted by atomic mass is 9.98. The fourth-order valence-corrected chi connectivity index (χ4v) is 2.06. The molecule has 16 heavy (non-hydrogen) atoms. The zero-order valence-electron chi connectivity index (χ0n) is 9.61. The molecule has 0 saturated heterocycles. The Kier molecular flexibility index (Phi) is 3.54. The van der Waals surface area contributed by atoms with Crippen LogP contribution in [0.2, 0.25) is 0 Å². The Morgan fingerprint density at radius 1 is 1.31 bits per heavy atom. The lowest BCUT2D eigenvalue weighted by molar-refractivity contribution is 0.111. The van der Waals surface area contributed by atoms with Gasteiger partial charge in [-0.05, 0) is 38.2 Å². The maximum absolute atomic E-state index is 10.8. The summed E-state index contributed by atoms with van der Waals surface area (Å²) in [7, 11) is 0. The molecule has 0 atom stereocenters. The summed E-state index contributed by atoms with van der Waals surface area (Å²) in [4.78, 5) is 14.9. The van der Waals surface area contributed by atoms with Gasteiger partial charge in [0.1, 0.15) is 11.8 Å². The molecule has 0 aliphatic heterocycles. The van der Waals surface area contributed by atoms with Crippen molar-refractivity contribution in [3.8, 4) is 5.88 Å². The van der Waals surface area contributed by atoms with Gasteiger partial charge in [0.15, 0.2) is 6.29 Å². The predicted molar refractivity (Wildman–Crippen MR) is 61.9 cm³/mol. The molecule has 3 heteroatoms. The first-order chi connectivity index (χ1) is 7.79. The smallest absolute Gasteiger partial charge is 0.214 e. The minimum Gasteiger partial charge on any atom is -0.474 e. The Morgan fingerprint density at radius 3 is 2.75 bits per heavy atom. The van der Waals surface area contributed by atoms with E-state index in [9.17, 15) is 4.79 Å². The lowest BCUT2D eigenvalue weighted by Gasteiger charge is -2.22. The molecule has 0 aromatic carbocycles. The minimum atomic E-state index is 0.281. The number of nitrogens with zero attached hydrogens (tertiary/aromatic N) is 1. The second kappa shape index (κ2) is 5.10. The van der Waals surface area contributed by atoms with E-state index in [2.05, 4.69) is 4.98 Å². The highest BCUT2D eigenvalue weighted by Gasteiger charge is 2.15. The van der Waals surface area contributed by atoms with E-state index in [-0.39, 0.29) is 6.10 Å². The summed E-state index contributed by atoms with van der Waals surface area (Å²) in [6, 6.07) is 3.73. The summed E-state index contributed by atoms with van der Waals surface area (Å²) in [6.45, 7) is 1.88. The highest BCUT2D eigenvalue weighted by molar-refractivity contribution is 5.74. The average molecular weight is 219 g/mol. The molecular weight excluding hydrogens is 202 g/mol. The Bertz CT molecular complexity index is 370. The third-order valence-electron chi connectivity index (χ3n) is 3.06. The van der Waals surface area contributed by atoms with Gasteiger partial charge in [0.25, 0.3) is 0 Å². The van der Waals surface area contributed by atoms with Crippen molar-refractivity contribution in [2.45, 2.75) is 45.1 Å². The van der Waals surface area contributed by atoms with E-state index in [0.717, 1.165) is 24.7 Å². The molecule has 1 saturated carbocycles. The van der Waals surface area contributed by atoms with E-state index in [1.165, 1.54) is 19.3 Å². The average Bonchev–Trinajstić information content (AvgIpc) is 2.33. The Morgan fingerprint density at radius 2 is 2.06 bits per heavy atom. The van der Waals surface area contributed by atoms with Crippen molar-refractivity contribution in [1.82, 2.24) is 4.98 Å². The van der Waals surface area contributed by atoms with Crippen LogP contribution >= 0.6 is 0 Å². The Hall–Kier alpha value is -1.38. The number of aryl methyl sites for hydroxylation is 1. The molecule has 86 valence electrons. The van der Waals surface area contributed by atoms with E-state index in [0.29, 0.717) is 11.6 Å². The molecule has 1 aromatic rings. The first-order valence-electron chi connectivity index (χ1n) is 5.89. The number of aromatic nitrogens is 1. The third-order valence-corrected chi connectivity index (χ3v) is 3.06. The molecular formula is C13H17NO2. The lowest BCUT2D eigenvalue weighted by Crippen LogP contribution is -2.20. The molecule has 1 heterocycles. The van der Waals surface area contributed by atoms with Crippen LogP contribution in [-0.4, -0.2) is 17.4 Å². The third kappa shape index (κ3) is 2.60. The normalized spacial score (nSPS) is 17.1. The number of rotatable bonds is 3. The van der Waals surface area contributed by atoms with Crippen molar-refractivity contribution in [2.24, 2.45) is 0 Å². The number of hydrogen-bond donors (Lipinski definition) is 0. The van der Waals surface area contributed by atoms with Crippen LogP contribution in [0, 0.1) is 6.92 Å². The van der Waals surface area contributed by atoms with Crippen LogP contribution < -0.4 is 4.74 Å². The van der Waals surface area contributed by atoms with Gasteiger partial charge >= 0.3 is 0 Å². The molecule has 0 unspecified atom stereocenters. The highest BCUT2D eigenvalue weighted by atomic mass is 16.5. The second-order valence-electron chi connectivity index (χ2n) is 4.35. The summed E-state index contributed by atoms with van der Waals surface area (Å²) >= 11 is 0. The molecule has 3 nitrogen and oxygen atoms in total. The highest BCUT2D eigenvalue weighted by Crippen LogP contribution is 2.22. The molecule has 0 radical (unpaired) electrons. The van der Waals surface area contributed by atoms with Crippen molar-refractivity contribution in [1.29, 1.82) is 0 Å². The summed E-state index contributed by atoms with van der Waals surface area (Å²) in [6.07, 6.45) is 7.04. The molecule has 0 spiro atoms. The van der Waals surface area contributed by atoms with Crippen LogP contribution in [-0.2, 0) is 0 Å². The standard InChI is InChI=1S/C13H17NO2/c1-10-7-8-13(14-12(10)9-15)16-11-5-3-2-4-6-11/h7-9,11H,2-6H2,1H3. The topological polar surface area (TPSA) is 39.2 Å². The summed E-state index contributed by atoms with van der Waals surface area (Å²) in [5.41, 5.74) is 1.37. The van der Waals surface area contributed by atoms with Crippen molar-refractivity contribution in [3.63, 3.8) is 0 Å². The SMILES string of the molecule is Cc1ccc(OC2CCCCC2)nc1C=O. The summed E-state index contributed by atoms with van der Waals surface area (Å²) in [5, 5.41) is 0. The van der Waals surface area contributed by atoms with E-state index < -0.39 is 0 Å². The maximum atomic E-state index is 10.8. The van der Waals surface area contributed by atoms with Gasteiger partial charge in [-0.3, -0.25) is 4.79 Å². The van der Waals surface area contributed by atoms with Crippen LogP contribution in [0.1, 0.15) is 48.2 Å². The zero-order valence-corrected chi connectivity index (χ0v) is 9.61. The largest absolute Gasteiger partial charge is 0.474 e. The number of pyridine rings is 1. The number of hydrogen-bond acceptors (Lipinski definition) is 3. The van der Waals surface area contributed by atoms with Gasteiger partial charge in [0.2, 0.25) is 5.88 Å².